The molecule has 0 aromatic heterocycles. The van der Waals surface area contributed by atoms with Crippen LogP contribution in [0.25, 0.3) is 0 Å². The molecular formula is C28H54O5P+. The summed E-state index contributed by atoms with van der Waals surface area (Å²) in [6.07, 6.45) is 21.2. The Morgan fingerprint density at radius 1 is 0.618 bits per heavy atom. The van der Waals surface area contributed by atoms with Gasteiger partial charge < -0.3 is 0 Å². The molecule has 0 heterocycles. The topological polar surface area (TPSA) is 61.8 Å². The van der Waals surface area contributed by atoms with Crippen molar-refractivity contribution in [1.29, 1.82) is 0 Å². The molecule has 0 amide bonds. The molecule has 5 nitrogen and oxygen atoms in total. The molecule has 6 heteroatoms. The van der Waals surface area contributed by atoms with E-state index in [0.29, 0.717) is 19.8 Å². The van der Waals surface area contributed by atoms with Crippen molar-refractivity contribution >= 4 is 13.3 Å². The van der Waals surface area contributed by atoms with E-state index >= 15 is 0 Å². The molecule has 34 heavy (non-hydrogen) atoms. The summed E-state index contributed by atoms with van der Waals surface area (Å²) in [6.45, 7) is 11.2. The van der Waals surface area contributed by atoms with Crippen molar-refractivity contribution in [2.45, 2.75) is 142 Å². The van der Waals surface area contributed by atoms with E-state index in [4.69, 9.17) is 14.2 Å². The summed E-state index contributed by atoms with van der Waals surface area (Å²) in [6, 6.07) is 0. The van der Waals surface area contributed by atoms with E-state index in [9.17, 15) is 9.36 Å². The van der Waals surface area contributed by atoms with Crippen molar-refractivity contribution in [3.63, 3.8) is 0 Å². The summed E-state index contributed by atoms with van der Waals surface area (Å²) >= 11 is 0. The summed E-state index contributed by atoms with van der Waals surface area (Å²) in [5.74, 6) is 0. The molecule has 200 valence electrons. The minimum absolute atomic E-state index is 0.366. The normalized spacial score (nSPS) is 12.1. The van der Waals surface area contributed by atoms with Crippen LogP contribution in [0.1, 0.15) is 136 Å². The van der Waals surface area contributed by atoms with E-state index in [-0.39, 0.29) is 0 Å². The third-order valence-corrected chi connectivity index (χ3v) is 7.44. The molecule has 0 saturated carbocycles. The fraction of sp³-hybridized carbons (Fsp3) is 0.893. The third-order valence-electron chi connectivity index (χ3n) is 5.97. The molecule has 1 unspecified atom stereocenters. The Kier molecular flexibility index (Phi) is 23.7. The number of unbranched alkanes of at least 4 members (excludes halogenated alkanes) is 15. The second-order valence-electron chi connectivity index (χ2n) is 9.21. The highest BCUT2D eigenvalue weighted by Crippen LogP contribution is 2.44. The van der Waals surface area contributed by atoms with Gasteiger partial charge in [0.25, 0.3) is 0 Å². The van der Waals surface area contributed by atoms with Crippen LogP contribution in [0, 0.1) is 0 Å². The first-order valence-electron chi connectivity index (χ1n) is 14.1. The van der Waals surface area contributed by atoms with Crippen molar-refractivity contribution in [3.05, 3.63) is 12.7 Å². The van der Waals surface area contributed by atoms with Gasteiger partial charge >= 0.3 is 19.0 Å². The Morgan fingerprint density at radius 2 is 0.912 bits per heavy atom. The van der Waals surface area contributed by atoms with Crippen LogP contribution in [0.2, 0.25) is 0 Å². The molecule has 0 aliphatic rings. The molecule has 0 fully saturated rings. The summed E-state index contributed by atoms with van der Waals surface area (Å²) < 4.78 is 31.2. The predicted molar refractivity (Wildman–Crippen MR) is 144 cm³/mol. The Labute approximate surface area is 211 Å². The lowest BCUT2D eigenvalue weighted by Crippen LogP contribution is -2.38. The van der Waals surface area contributed by atoms with Crippen molar-refractivity contribution in [1.82, 2.24) is 0 Å². The van der Waals surface area contributed by atoms with Crippen LogP contribution in [0.4, 0.5) is 0 Å². The quantitative estimate of drug-likeness (QED) is 0.0486. The first-order chi connectivity index (χ1) is 16.6. The first kappa shape index (κ1) is 33.4. The third kappa shape index (κ3) is 16.9. The van der Waals surface area contributed by atoms with Gasteiger partial charge in [-0.1, -0.05) is 128 Å². The number of hydrogen-bond donors (Lipinski definition) is 0. The van der Waals surface area contributed by atoms with E-state index in [2.05, 4.69) is 27.4 Å². The van der Waals surface area contributed by atoms with E-state index < -0.39 is 19.0 Å². The van der Waals surface area contributed by atoms with Crippen LogP contribution < -0.4 is 0 Å². The molecule has 0 radical (unpaired) electrons. The van der Waals surface area contributed by atoms with Crippen molar-refractivity contribution in [2.75, 3.05) is 19.8 Å². The number of rotatable bonds is 27. The van der Waals surface area contributed by atoms with Crippen molar-refractivity contribution in [2.24, 2.45) is 0 Å². The summed E-state index contributed by atoms with van der Waals surface area (Å²) in [5.41, 5.74) is -2.37. The maximum absolute atomic E-state index is 13.2. The fourth-order valence-corrected chi connectivity index (χ4v) is 4.83. The average molecular weight is 502 g/mol. The van der Waals surface area contributed by atoms with Gasteiger partial charge in [0.05, 0.1) is 19.8 Å². The number of allylic oxidation sites excluding steroid dienone is 1. The maximum atomic E-state index is 13.2. The lowest BCUT2D eigenvalue weighted by molar-refractivity contribution is -0.323. The predicted octanol–water partition coefficient (Wildman–Crippen LogP) is 9.27. The largest absolute Gasteiger partial charge is 0.519 e. The highest BCUT2D eigenvalue weighted by atomic mass is 31.1. The van der Waals surface area contributed by atoms with Crippen LogP contribution in [-0.4, -0.2) is 31.1 Å². The van der Waals surface area contributed by atoms with Gasteiger partial charge in [0, 0.05) is 6.08 Å². The van der Waals surface area contributed by atoms with E-state index in [1.54, 1.807) is 0 Å². The highest BCUT2D eigenvalue weighted by molar-refractivity contribution is 7.65. The number of carbonyl (C=O) groups is 1. The minimum Gasteiger partial charge on any atom is -0.285 e. The summed E-state index contributed by atoms with van der Waals surface area (Å²) in [7, 11) is -2.55. The Hall–Kier alpha value is -0.610. The molecular weight excluding hydrogens is 447 g/mol. The van der Waals surface area contributed by atoms with Gasteiger partial charge in [-0.15, -0.1) is 0 Å². The van der Waals surface area contributed by atoms with E-state index in [0.717, 1.165) is 63.9 Å². The second kappa shape index (κ2) is 24.1. The van der Waals surface area contributed by atoms with Gasteiger partial charge in [-0.05, 0) is 19.3 Å². The molecule has 1 atom stereocenters. The molecule has 0 aromatic carbocycles. The summed E-state index contributed by atoms with van der Waals surface area (Å²) in [5, 5.41) is 0. The van der Waals surface area contributed by atoms with Gasteiger partial charge in [-0.2, -0.15) is 0 Å². The Morgan fingerprint density at radius 3 is 1.21 bits per heavy atom. The van der Waals surface area contributed by atoms with Crippen LogP contribution >= 0.6 is 7.80 Å². The summed E-state index contributed by atoms with van der Waals surface area (Å²) in [4.78, 5) is 12.3. The van der Waals surface area contributed by atoms with Crippen molar-refractivity contribution < 1.29 is 23.6 Å². The van der Waals surface area contributed by atoms with Crippen LogP contribution in [0.5, 0.6) is 0 Å². The zero-order valence-electron chi connectivity index (χ0n) is 22.6. The lowest BCUT2D eigenvalue weighted by Gasteiger charge is -2.23. The fourth-order valence-electron chi connectivity index (χ4n) is 3.77. The molecule has 0 aliphatic carbocycles. The van der Waals surface area contributed by atoms with Gasteiger partial charge in [-0.25, -0.2) is 4.79 Å². The van der Waals surface area contributed by atoms with E-state index in [1.807, 2.05) is 0 Å². The number of ether oxygens (including phenoxy) is 3. The zero-order valence-corrected chi connectivity index (χ0v) is 23.5. The van der Waals surface area contributed by atoms with Crippen LogP contribution in [0.3, 0.4) is 0 Å². The molecule has 0 N–H and O–H groups in total. The van der Waals surface area contributed by atoms with Gasteiger partial charge in [-0.3, -0.25) is 14.2 Å². The van der Waals surface area contributed by atoms with Gasteiger partial charge in [0.15, 0.2) is 0 Å². The molecule has 0 spiro atoms. The standard InChI is InChI=1S/C28H54O5P/c1-5-9-12-15-18-21-24-31-28(34(30)27(29)8-4,32-25-22-19-16-13-10-6-2)33-26-23-20-17-14-11-7-3/h8H,4-7,9-26H2,1-3H3/q+1. The molecule has 0 bridgehead atoms. The van der Waals surface area contributed by atoms with Crippen LogP contribution in [-0.2, 0) is 23.6 Å². The Bertz CT molecular complexity index is 463. The SMILES string of the molecule is C=CC(=O)[P+](=O)C(OCCCCCCCC)(OCCCCCCCC)OCCCCCCCC. The van der Waals surface area contributed by atoms with Gasteiger partial charge in [0.1, 0.15) is 0 Å². The average Bonchev–Trinajstić information content (AvgIpc) is 2.85. The highest BCUT2D eigenvalue weighted by Gasteiger charge is 2.59. The van der Waals surface area contributed by atoms with Crippen LogP contribution in [0.15, 0.2) is 12.7 Å². The second-order valence-corrected chi connectivity index (χ2v) is 10.8. The molecule has 0 rings (SSSR count). The monoisotopic (exact) mass is 501 g/mol. The van der Waals surface area contributed by atoms with Crippen molar-refractivity contribution in [3.8, 4) is 0 Å². The maximum Gasteiger partial charge on any atom is 0.519 e. The first-order valence-corrected chi connectivity index (χ1v) is 15.4. The lowest BCUT2D eigenvalue weighted by atomic mass is 10.1. The number of hydrogen-bond acceptors (Lipinski definition) is 5. The Balaban J connectivity index is 4.95. The number of carbonyl (C=O) groups excluding carboxylic acids is 1. The minimum atomic E-state index is -2.55. The zero-order chi connectivity index (χ0) is 25.3. The van der Waals surface area contributed by atoms with E-state index in [1.165, 1.54) is 57.8 Å². The smallest absolute Gasteiger partial charge is 0.285 e. The van der Waals surface area contributed by atoms with Gasteiger partial charge in [0.2, 0.25) is 0 Å². The molecule has 0 aromatic rings. The molecule has 0 aliphatic heterocycles. The molecule has 0 saturated heterocycles.